The lowest BCUT2D eigenvalue weighted by Crippen LogP contribution is -2.40. The fourth-order valence-corrected chi connectivity index (χ4v) is 3.44. The van der Waals surface area contributed by atoms with Gasteiger partial charge in [0.1, 0.15) is 0 Å². The number of benzene rings is 1. The van der Waals surface area contributed by atoms with Gasteiger partial charge in [0, 0.05) is 12.1 Å². The van der Waals surface area contributed by atoms with Crippen molar-refractivity contribution in [2.75, 3.05) is 11.9 Å². The number of nitrogens with one attached hydrogen (secondary N) is 2. The van der Waals surface area contributed by atoms with Gasteiger partial charge in [-0.05, 0) is 44.2 Å². The second-order valence-corrected chi connectivity index (χ2v) is 7.35. The van der Waals surface area contributed by atoms with Gasteiger partial charge in [0.05, 0.1) is 6.54 Å². The Hall–Kier alpha value is -2.37. The van der Waals surface area contributed by atoms with E-state index < -0.39 is 12.0 Å². The molecule has 27 heavy (non-hydrogen) atoms. The SMILES string of the molecule is Cc1cccc(C)c1NC(=O)CNC(=O)C(C)OC(=O)CCC1CCCC1. The monoisotopic (exact) mass is 374 g/mol. The van der Waals surface area contributed by atoms with E-state index >= 15 is 0 Å². The summed E-state index contributed by atoms with van der Waals surface area (Å²) in [7, 11) is 0. The average molecular weight is 374 g/mol. The number of carbonyl (C=O) groups is 3. The van der Waals surface area contributed by atoms with Crippen LogP contribution in [0.15, 0.2) is 18.2 Å². The van der Waals surface area contributed by atoms with E-state index in [0.29, 0.717) is 12.3 Å². The summed E-state index contributed by atoms with van der Waals surface area (Å²) in [5, 5.41) is 5.32. The second-order valence-electron chi connectivity index (χ2n) is 7.35. The molecule has 1 aliphatic carbocycles. The molecule has 0 radical (unpaired) electrons. The highest BCUT2D eigenvalue weighted by atomic mass is 16.5. The summed E-state index contributed by atoms with van der Waals surface area (Å²) in [6.07, 6.45) is 5.10. The van der Waals surface area contributed by atoms with E-state index in [-0.39, 0.29) is 18.4 Å². The van der Waals surface area contributed by atoms with Crippen molar-refractivity contribution < 1.29 is 19.1 Å². The van der Waals surface area contributed by atoms with Gasteiger partial charge in [0.2, 0.25) is 5.91 Å². The molecule has 0 saturated heterocycles. The Balaban J connectivity index is 1.70. The van der Waals surface area contributed by atoms with Crippen LogP contribution in [0, 0.1) is 19.8 Å². The normalized spacial score (nSPS) is 15.2. The number of amides is 2. The third kappa shape index (κ3) is 6.70. The third-order valence-electron chi connectivity index (χ3n) is 5.08. The first-order valence-corrected chi connectivity index (χ1v) is 9.70. The number of carbonyl (C=O) groups excluding carboxylic acids is 3. The van der Waals surface area contributed by atoms with Gasteiger partial charge in [-0.2, -0.15) is 0 Å². The Bertz CT molecular complexity index is 661. The Labute approximate surface area is 161 Å². The molecular weight excluding hydrogens is 344 g/mol. The molecule has 2 N–H and O–H groups in total. The molecule has 0 bridgehead atoms. The number of esters is 1. The first kappa shape index (κ1) is 20.9. The lowest BCUT2D eigenvalue weighted by Gasteiger charge is -2.15. The van der Waals surface area contributed by atoms with Crippen LogP contribution in [0.1, 0.15) is 56.6 Å². The summed E-state index contributed by atoms with van der Waals surface area (Å²) in [4.78, 5) is 36.0. The molecule has 2 amide bonds. The molecular formula is C21H30N2O4. The molecule has 1 atom stereocenters. The maximum Gasteiger partial charge on any atom is 0.306 e. The molecule has 6 nitrogen and oxygen atoms in total. The first-order chi connectivity index (χ1) is 12.9. The number of hydrogen-bond acceptors (Lipinski definition) is 4. The van der Waals surface area contributed by atoms with Crippen molar-refractivity contribution in [2.24, 2.45) is 5.92 Å². The molecule has 0 aromatic heterocycles. The number of anilines is 1. The molecule has 1 unspecified atom stereocenters. The molecule has 1 aromatic carbocycles. The van der Waals surface area contributed by atoms with E-state index in [9.17, 15) is 14.4 Å². The largest absolute Gasteiger partial charge is 0.453 e. The minimum atomic E-state index is -0.908. The van der Waals surface area contributed by atoms with Crippen molar-refractivity contribution in [3.8, 4) is 0 Å². The Morgan fingerprint density at radius 2 is 1.78 bits per heavy atom. The van der Waals surface area contributed by atoms with Gasteiger partial charge in [-0.3, -0.25) is 14.4 Å². The van der Waals surface area contributed by atoms with Gasteiger partial charge in [-0.1, -0.05) is 43.9 Å². The van der Waals surface area contributed by atoms with E-state index in [1.165, 1.54) is 32.6 Å². The van der Waals surface area contributed by atoms with Crippen LogP contribution in [0.4, 0.5) is 5.69 Å². The molecule has 6 heteroatoms. The second kappa shape index (κ2) is 10.1. The van der Waals surface area contributed by atoms with Crippen LogP contribution >= 0.6 is 0 Å². The van der Waals surface area contributed by atoms with Crippen molar-refractivity contribution in [3.05, 3.63) is 29.3 Å². The van der Waals surface area contributed by atoms with Crippen LogP contribution in [0.3, 0.4) is 0 Å². The maximum atomic E-state index is 12.1. The van der Waals surface area contributed by atoms with Crippen LogP contribution in [-0.2, 0) is 19.1 Å². The van der Waals surface area contributed by atoms with E-state index in [2.05, 4.69) is 10.6 Å². The molecule has 1 saturated carbocycles. The first-order valence-electron chi connectivity index (χ1n) is 9.70. The number of ether oxygens (including phenoxy) is 1. The summed E-state index contributed by atoms with van der Waals surface area (Å²) < 4.78 is 5.18. The van der Waals surface area contributed by atoms with Crippen molar-refractivity contribution in [3.63, 3.8) is 0 Å². The molecule has 1 fully saturated rings. The standard InChI is InChI=1S/C21H30N2O4/c1-14-7-6-8-15(2)20(14)23-18(24)13-22-21(26)16(3)27-19(25)12-11-17-9-4-5-10-17/h6-8,16-17H,4-5,9-13H2,1-3H3,(H,22,26)(H,23,24). The van der Waals surface area contributed by atoms with Crippen molar-refractivity contribution in [1.29, 1.82) is 0 Å². The number of aryl methyl sites for hydroxylation is 2. The number of rotatable bonds is 8. The Kier molecular flexibility index (Phi) is 7.82. The van der Waals surface area contributed by atoms with Crippen molar-refractivity contribution in [2.45, 2.75) is 65.4 Å². The quantitative estimate of drug-likeness (QED) is 0.684. The van der Waals surface area contributed by atoms with Crippen LogP contribution in [0.5, 0.6) is 0 Å². The van der Waals surface area contributed by atoms with Crippen molar-refractivity contribution in [1.82, 2.24) is 5.32 Å². The highest BCUT2D eigenvalue weighted by Gasteiger charge is 2.21. The Morgan fingerprint density at radius 1 is 1.15 bits per heavy atom. The van der Waals surface area contributed by atoms with Crippen LogP contribution in [0.2, 0.25) is 0 Å². The van der Waals surface area contributed by atoms with E-state index in [1.54, 1.807) is 0 Å². The summed E-state index contributed by atoms with van der Waals surface area (Å²) in [5.74, 6) is -0.541. The summed E-state index contributed by atoms with van der Waals surface area (Å²) in [5.41, 5.74) is 2.67. The Morgan fingerprint density at radius 3 is 2.41 bits per heavy atom. The third-order valence-corrected chi connectivity index (χ3v) is 5.08. The smallest absolute Gasteiger partial charge is 0.306 e. The van der Waals surface area contributed by atoms with E-state index in [1.807, 2.05) is 32.0 Å². The van der Waals surface area contributed by atoms with Gasteiger partial charge in [0.15, 0.2) is 6.10 Å². The molecule has 0 aliphatic heterocycles. The predicted molar refractivity (Wildman–Crippen MR) is 104 cm³/mol. The zero-order valence-electron chi connectivity index (χ0n) is 16.5. The fraction of sp³-hybridized carbons (Fsp3) is 0.571. The summed E-state index contributed by atoms with van der Waals surface area (Å²) in [6.45, 7) is 5.17. The molecule has 0 heterocycles. The highest BCUT2D eigenvalue weighted by Crippen LogP contribution is 2.28. The molecule has 0 spiro atoms. The van der Waals surface area contributed by atoms with E-state index in [0.717, 1.165) is 23.2 Å². The van der Waals surface area contributed by atoms with Gasteiger partial charge >= 0.3 is 5.97 Å². The summed E-state index contributed by atoms with van der Waals surface area (Å²) >= 11 is 0. The summed E-state index contributed by atoms with van der Waals surface area (Å²) in [6, 6.07) is 5.74. The number of para-hydroxylation sites is 1. The molecule has 1 aromatic rings. The molecule has 2 rings (SSSR count). The number of hydrogen-bond donors (Lipinski definition) is 2. The van der Waals surface area contributed by atoms with E-state index in [4.69, 9.17) is 4.74 Å². The molecule has 1 aliphatic rings. The lowest BCUT2D eigenvalue weighted by atomic mass is 10.0. The van der Waals surface area contributed by atoms with Gasteiger partial charge in [-0.15, -0.1) is 0 Å². The lowest BCUT2D eigenvalue weighted by molar-refractivity contribution is -0.155. The predicted octanol–water partition coefficient (Wildman–Crippen LogP) is 3.26. The zero-order chi connectivity index (χ0) is 19.8. The van der Waals surface area contributed by atoms with Crippen LogP contribution < -0.4 is 10.6 Å². The topological polar surface area (TPSA) is 84.5 Å². The van der Waals surface area contributed by atoms with Crippen LogP contribution in [-0.4, -0.2) is 30.4 Å². The maximum absolute atomic E-state index is 12.1. The van der Waals surface area contributed by atoms with Gasteiger partial charge in [0.25, 0.3) is 5.91 Å². The highest BCUT2D eigenvalue weighted by molar-refractivity contribution is 5.96. The minimum Gasteiger partial charge on any atom is -0.453 e. The van der Waals surface area contributed by atoms with Crippen LogP contribution in [0.25, 0.3) is 0 Å². The minimum absolute atomic E-state index is 0.170. The fourth-order valence-electron chi connectivity index (χ4n) is 3.44. The van der Waals surface area contributed by atoms with Gasteiger partial charge < -0.3 is 15.4 Å². The molecule has 148 valence electrons. The van der Waals surface area contributed by atoms with Gasteiger partial charge in [-0.25, -0.2) is 0 Å². The zero-order valence-corrected chi connectivity index (χ0v) is 16.5. The average Bonchev–Trinajstić information content (AvgIpc) is 3.14. The van der Waals surface area contributed by atoms with Crippen molar-refractivity contribution >= 4 is 23.5 Å².